The number of furan rings is 1. The van der Waals surface area contributed by atoms with Crippen LogP contribution in [0.4, 0.5) is 5.82 Å². The van der Waals surface area contributed by atoms with Crippen LogP contribution in [0.15, 0.2) is 41.1 Å². The summed E-state index contributed by atoms with van der Waals surface area (Å²) in [5, 5.41) is 3.25. The summed E-state index contributed by atoms with van der Waals surface area (Å²) in [6.45, 7) is 2.65. The van der Waals surface area contributed by atoms with E-state index in [1.165, 1.54) is 12.5 Å². The molecule has 1 N–H and O–H groups in total. The number of amides is 2. The fourth-order valence-electron chi connectivity index (χ4n) is 2.50. The second-order valence-electron chi connectivity index (χ2n) is 5.46. The van der Waals surface area contributed by atoms with Gasteiger partial charge in [-0.3, -0.25) is 14.5 Å². The van der Waals surface area contributed by atoms with Crippen molar-refractivity contribution in [1.82, 2.24) is 14.8 Å². The topological polar surface area (TPSA) is 78.7 Å². The van der Waals surface area contributed by atoms with Crippen LogP contribution in [0.3, 0.4) is 0 Å². The Morgan fingerprint density at radius 2 is 2.00 bits per heavy atom. The van der Waals surface area contributed by atoms with Crippen LogP contribution in [0.1, 0.15) is 10.6 Å². The van der Waals surface area contributed by atoms with E-state index in [0.29, 0.717) is 42.8 Å². The van der Waals surface area contributed by atoms with Gasteiger partial charge in [-0.1, -0.05) is 11.6 Å². The largest absolute Gasteiger partial charge is 0.459 e. The molecule has 2 aromatic rings. The number of nitrogens with zero attached hydrogens (tertiary/aromatic N) is 3. The predicted molar refractivity (Wildman–Crippen MR) is 88.9 cm³/mol. The first kappa shape index (κ1) is 16.5. The van der Waals surface area contributed by atoms with Gasteiger partial charge in [-0.15, -0.1) is 0 Å². The molecule has 0 radical (unpaired) electrons. The van der Waals surface area contributed by atoms with Crippen molar-refractivity contribution >= 4 is 29.2 Å². The Hall–Kier alpha value is -2.38. The van der Waals surface area contributed by atoms with Crippen LogP contribution in [0, 0.1) is 0 Å². The lowest BCUT2D eigenvalue weighted by Crippen LogP contribution is -2.50. The maximum Gasteiger partial charge on any atom is 0.289 e. The summed E-state index contributed by atoms with van der Waals surface area (Å²) >= 11 is 5.76. The van der Waals surface area contributed by atoms with Crippen LogP contribution in [0.25, 0.3) is 0 Å². The number of hydrogen-bond donors (Lipinski definition) is 1. The van der Waals surface area contributed by atoms with Crippen LogP contribution in [-0.4, -0.2) is 59.3 Å². The smallest absolute Gasteiger partial charge is 0.289 e. The van der Waals surface area contributed by atoms with Gasteiger partial charge in [-0.2, -0.15) is 0 Å². The molecule has 7 nitrogen and oxygen atoms in total. The van der Waals surface area contributed by atoms with Gasteiger partial charge < -0.3 is 14.6 Å². The molecule has 0 bridgehead atoms. The Morgan fingerprint density at radius 1 is 1.21 bits per heavy atom. The minimum atomic E-state index is -0.143. The average molecular weight is 349 g/mol. The number of piperazine rings is 1. The Morgan fingerprint density at radius 3 is 2.62 bits per heavy atom. The summed E-state index contributed by atoms with van der Waals surface area (Å²) in [4.78, 5) is 32.0. The highest BCUT2D eigenvalue weighted by Gasteiger charge is 2.24. The van der Waals surface area contributed by atoms with Gasteiger partial charge in [-0.25, -0.2) is 4.98 Å². The van der Waals surface area contributed by atoms with E-state index in [4.69, 9.17) is 16.0 Å². The van der Waals surface area contributed by atoms with Gasteiger partial charge in [0.15, 0.2) is 5.76 Å². The van der Waals surface area contributed by atoms with Crippen molar-refractivity contribution in [3.63, 3.8) is 0 Å². The molecular weight excluding hydrogens is 332 g/mol. The van der Waals surface area contributed by atoms with Crippen LogP contribution in [0.5, 0.6) is 0 Å². The molecule has 126 valence electrons. The lowest BCUT2D eigenvalue weighted by molar-refractivity contribution is -0.117. The normalized spacial score (nSPS) is 15.3. The number of aromatic nitrogens is 1. The fourth-order valence-corrected chi connectivity index (χ4v) is 2.61. The molecule has 3 rings (SSSR count). The zero-order valence-corrected chi connectivity index (χ0v) is 13.7. The van der Waals surface area contributed by atoms with Gasteiger partial charge in [0.1, 0.15) is 5.82 Å². The molecule has 0 aliphatic carbocycles. The molecule has 3 heterocycles. The maximum absolute atomic E-state index is 12.2. The van der Waals surface area contributed by atoms with E-state index in [1.54, 1.807) is 29.2 Å². The van der Waals surface area contributed by atoms with Gasteiger partial charge in [0.25, 0.3) is 5.91 Å². The van der Waals surface area contributed by atoms with Crippen molar-refractivity contribution < 1.29 is 14.0 Å². The summed E-state index contributed by atoms with van der Waals surface area (Å²) in [5.41, 5.74) is 0. The van der Waals surface area contributed by atoms with Crippen LogP contribution < -0.4 is 5.32 Å². The molecule has 24 heavy (non-hydrogen) atoms. The van der Waals surface area contributed by atoms with E-state index in [0.717, 1.165) is 0 Å². The van der Waals surface area contributed by atoms with Crippen molar-refractivity contribution in [1.29, 1.82) is 0 Å². The highest BCUT2D eigenvalue weighted by atomic mass is 35.5. The Kier molecular flexibility index (Phi) is 5.12. The second kappa shape index (κ2) is 7.46. The molecule has 2 aromatic heterocycles. The number of nitrogens with one attached hydrogen (secondary N) is 1. The molecule has 1 saturated heterocycles. The Bertz CT molecular complexity index is 695. The van der Waals surface area contributed by atoms with Crippen LogP contribution >= 0.6 is 11.6 Å². The highest BCUT2D eigenvalue weighted by molar-refractivity contribution is 6.30. The second-order valence-corrected chi connectivity index (χ2v) is 5.89. The SMILES string of the molecule is O=C(CN1CCN(C(=O)c2ccco2)CC1)Nc1ccc(Cl)cn1. The molecule has 0 unspecified atom stereocenters. The van der Waals surface area contributed by atoms with Gasteiger partial charge in [-0.05, 0) is 24.3 Å². The van der Waals surface area contributed by atoms with Crippen molar-refractivity contribution in [2.45, 2.75) is 0 Å². The molecule has 0 atom stereocenters. The van der Waals surface area contributed by atoms with Crippen LogP contribution in [-0.2, 0) is 4.79 Å². The fraction of sp³-hybridized carbons (Fsp3) is 0.312. The zero-order valence-electron chi connectivity index (χ0n) is 12.9. The number of carbonyl (C=O) groups excluding carboxylic acids is 2. The number of anilines is 1. The Balaban J connectivity index is 1.46. The van der Waals surface area contributed by atoms with E-state index in [1.807, 2.05) is 4.90 Å². The number of rotatable bonds is 4. The molecular formula is C16H17ClN4O3. The third kappa shape index (κ3) is 4.12. The number of carbonyl (C=O) groups is 2. The van der Waals surface area contributed by atoms with E-state index in [2.05, 4.69) is 10.3 Å². The lowest BCUT2D eigenvalue weighted by Gasteiger charge is -2.33. The average Bonchev–Trinajstić information content (AvgIpc) is 3.11. The first-order valence-corrected chi connectivity index (χ1v) is 7.96. The number of hydrogen-bond acceptors (Lipinski definition) is 5. The van der Waals surface area contributed by atoms with Crippen molar-refractivity contribution in [3.8, 4) is 0 Å². The molecule has 1 aliphatic heterocycles. The molecule has 0 spiro atoms. The van der Waals surface area contributed by atoms with Crippen LogP contribution in [0.2, 0.25) is 5.02 Å². The number of halogens is 1. The van der Waals surface area contributed by atoms with Crippen molar-refractivity contribution in [2.24, 2.45) is 0 Å². The first-order valence-electron chi connectivity index (χ1n) is 7.58. The maximum atomic E-state index is 12.2. The molecule has 0 saturated carbocycles. The summed E-state index contributed by atoms with van der Waals surface area (Å²) in [7, 11) is 0. The van der Waals surface area contributed by atoms with Gasteiger partial charge in [0.2, 0.25) is 5.91 Å². The molecule has 0 aromatic carbocycles. The van der Waals surface area contributed by atoms with E-state index in [9.17, 15) is 9.59 Å². The van der Waals surface area contributed by atoms with Gasteiger partial charge >= 0.3 is 0 Å². The minimum absolute atomic E-state index is 0.116. The van der Waals surface area contributed by atoms with Crippen molar-refractivity contribution in [2.75, 3.05) is 38.0 Å². The number of pyridine rings is 1. The minimum Gasteiger partial charge on any atom is -0.459 e. The zero-order chi connectivity index (χ0) is 16.9. The quantitative estimate of drug-likeness (QED) is 0.910. The summed E-state index contributed by atoms with van der Waals surface area (Å²) in [6.07, 6.45) is 2.97. The third-order valence-corrected chi connectivity index (χ3v) is 3.98. The van der Waals surface area contributed by atoms with E-state index < -0.39 is 0 Å². The van der Waals surface area contributed by atoms with Crippen molar-refractivity contribution in [3.05, 3.63) is 47.5 Å². The molecule has 1 fully saturated rings. The van der Waals surface area contributed by atoms with Gasteiger partial charge in [0.05, 0.1) is 17.8 Å². The lowest BCUT2D eigenvalue weighted by atomic mass is 10.3. The summed E-state index contributed by atoms with van der Waals surface area (Å²) in [6, 6.07) is 6.67. The first-order chi connectivity index (χ1) is 11.6. The summed E-state index contributed by atoms with van der Waals surface area (Å²) < 4.78 is 5.13. The summed E-state index contributed by atoms with van der Waals surface area (Å²) in [5.74, 6) is 0.552. The molecule has 1 aliphatic rings. The van der Waals surface area contributed by atoms with E-state index in [-0.39, 0.29) is 18.4 Å². The highest BCUT2D eigenvalue weighted by Crippen LogP contribution is 2.11. The molecule has 2 amide bonds. The third-order valence-electron chi connectivity index (χ3n) is 3.75. The standard InChI is InChI=1S/C16H17ClN4O3/c17-12-3-4-14(18-10-12)19-15(22)11-20-5-7-21(8-6-20)16(23)13-2-1-9-24-13/h1-4,9-10H,5-8,11H2,(H,18,19,22). The van der Waals surface area contributed by atoms with Gasteiger partial charge in [0, 0.05) is 32.4 Å². The van der Waals surface area contributed by atoms with E-state index >= 15 is 0 Å². The molecule has 8 heteroatoms. The monoisotopic (exact) mass is 348 g/mol. The Labute approximate surface area is 144 Å². The predicted octanol–water partition coefficient (Wildman–Crippen LogP) is 1.72.